The van der Waals surface area contributed by atoms with Crippen molar-refractivity contribution < 1.29 is 14.3 Å². The Labute approximate surface area is 200 Å². The van der Waals surface area contributed by atoms with Gasteiger partial charge in [0.15, 0.2) is 0 Å². The van der Waals surface area contributed by atoms with Crippen LogP contribution in [0.5, 0.6) is 0 Å². The van der Waals surface area contributed by atoms with Crippen molar-refractivity contribution in [3.05, 3.63) is 72.6 Å². The van der Waals surface area contributed by atoms with Crippen molar-refractivity contribution in [3.63, 3.8) is 0 Å². The molecule has 7 heteroatoms. The predicted molar refractivity (Wildman–Crippen MR) is 134 cm³/mol. The molecule has 1 saturated heterocycles. The minimum atomic E-state index is -0.609. The summed E-state index contributed by atoms with van der Waals surface area (Å²) in [6.07, 6.45) is 3.85. The first kappa shape index (κ1) is 23.5. The zero-order chi connectivity index (χ0) is 24.1. The van der Waals surface area contributed by atoms with Crippen LogP contribution in [-0.4, -0.2) is 59.7 Å². The van der Waals surface area contributed by atoms with Gasteiger partial charge in [-0.1, -0.05) is 42.5 Å². The maximum atomic E-state index is 13.2. The molecule has 2 heterocycles. The van der Waals surface area contributed by atoms with E-state index in [9.17, 15) is 9.59 Å². The number of piperazine rings is 1. The summed E-state index contributed by atoms with van der Waals surface area (Å²) in [4.78, 5) is 33.7. The summed E-state index contributed by atoms with van der Waals surface area (Å²) in [5.74, 6) is -0.103. The van der Waals surface area contributed by atoms with E-state index in [-0.39, 0.29) is 18.5 Å². The number of nitrogens with zero attached hydrogens (tertiary/aromatic N) is 3. The Morgan fingerprint density at radius 1 is 1.06 bits per heavy atom. The van der Waals surface area contributed by atoms with Gasteiger partial charge in [-0.15, -0.1) is 0 Å². The summed E-state index contributed by atoms with van der Waals surface area (Å²) in [5, 5.41) is 4.87. The van der Waals surface area contributed by atoms with Crippen LogP contribution < -0.4 is 10.2 Å². The highest BCUT2D eigenvalue weighted by Gasteiger charge is 2.31. The van der Waals surface area contributed by atoms with Crippen LogP contribution in [0.2, 0.25) is 0 Å². The van der Waals surface area contributed by atoms with Crippen LogP contribution in [0, 0.1) is 0 Å². The summed E-state index contributed by atoms with van der Waals surface area (Å²) in [6.45, 7) is 7.31. The first-order valence-corrected chi connectivity index (χ1v) is 11.7. The molecular weight excluding hydrogens is 428 g/mol. The van der Waals surface area contributed by atoms with E-state index in [1.807, 2.05) is 47.6 Å². The van der Waals surface area contributed by atoms with Gasteiger partial charge in [0.1, 0.15) is 12.1 Å². The molecule has 34 heavy (non-hydrogen) atoms. The van der Waals surface area contributed by atoms with Crippen molar-refractivity contribution >= 4 is 28.5 Å². The monoisotopic (exact) mass is 460 g/mol. The minimum Gasteiger partial charge on any atom is -0.444 e. The normalized spacial score (nSPS) is 16.4. The van der Waals surface area contributed by atoms with Crippen LogP contribution in [0.4, 0.5) is 10.5 Å². The smallest absolute Gasteiger partial charge is 0.408 e. The van der Waals surface area contributed by atoms with Crippen LogP contribution >= 0.6 is 0 Å². The van der Waals surface area contributed by atoms with Crippen LogP contribution in [0.1, 0.15) is 26.3 Å². The molecule has 2 amide bonds. The molecule has 1 N–H and O–H groups in total. The minimum absolute atomic E-state index is 0.0267. The highest BCUT2D eigenvalue weighted by molar-refractivity contribution is 5.94. The number of carbonyl (C=O) groups excluding carboxylic acids is 2. The Morgan fingerprint density at radius 3 is 2.62 bits per heavy atom. The molecular formula is C27H32N4O3. The fourth-order valence-electron chi connectivity index (χ4n) is 4.41. The molecule has 0 aliphatic carbocycles. The first-order valence-electron chi connectivity index (χ1n) is 11.7. The zero-order valence-electron chi connectivity index (χ0n) is 20.0. The third-order valence-corrected chi connectivity index (χ3v) is 5.90. The number of hydrogen-bond donors (Lipinski definition) is 1. The number of ether oxygens (including phenoxy) is 1. The lowest BCUT2D eigenvalue weighted by Gasteiger charge is -2.43. The molecule has 1 aromatic heterocycles. The highest BCUT2D eigenvalue weighted by atomic mass is 16.6. The summed E-state index contributed by atoms with van der Waals surface area (Å²) >= 11 is 0. The largest absolute Gasteiger partial charge is 0.444 e. The van der Waals surface area contributed by atoms with E-state index in [2.05, 4.69) is 39.5 Å². The van der Waals surface area contributed by atoms with Gasteiger partial charge in [0.2, 0.25) is 5.91 Å². The molecule has 1 aliphatic heterocycles. The number of anilines is 1. The molecule has 1 unspecified atom stereocenters. The second-order valence-corrected chi connectivity index (χ2v) is 9.61. The average molecular weight is 461 g/mol. The standard InChI is InChI=1S/C27H32N4O3/c1-27(2,3)34-26(33)29-18-25(32)31-15-14-30(19-22(31)16-20-8-5-4-6-9-20)24-11-7-10-21-17-28-13-12-23(21)24/h4-13,17,22H,14-16,18-19H2,1-3H3,(H,29,33). The molecule has 2 aromatic carbocycles. The Morgan fingerprint density at radius 2 is 1.85 bits per heavy atom. The number of rotatable bonds is 5. The van der Waals surface area contributed by atoms with Crippen molar-refractivity contribution in [2.45, 2.75) is 38.8 Å². The molecule has 0 spiro atoms. The third-order valence-electron chi connectivity index (χ3n) is 5.90. The van der Waals surface area contributed by atoms with Crippen molar-refractivity contribution in [2.75, 3.05) is 31.1 Å². The number of pyridine rings is 1. The topological polar surface area (TPSA) is 74.8 Å². The van der Waals surface area contributed by atoms with Gasteiger partial charge in [0.05, 0.1) is 6.04 Å². The third kappa shape index (κ3) is 5.84. The molecule has 0 bridgehead atoms. The summed E-state index contributed by atoms with van der Waals surface area (Å²) < 4.78 is 5.28. The first-order chi connectivity index (χ1) is 16.3. The number of nitrogens with one attached hydrogen (secondary N) is 1. The summed E-state index contributed by atoms with van der Waals surface area (Å²) in [7, 11) is 0. The maximum absolute atomic E-state index is 13.2. The highest BCUT2D eigenvalue weighted by Crippen LogP contribution is 2.29. The molecule has 178 valence electrons. The Hall–Kier alpha value is -3.61. The quantitative estimate of drug-likeness (QED) is 0.623. The second kappa shape index (κ2) is 10.1. The van der Waals surface area contributed by atoms with Gasteiger partial charge in [-0.05, 0) is 44.9 Å². The van der Waals surface area contributed by atoms with E-state index >= 15 is 0 Å². The molecule has 1 aliphatic rings. The molecule has 0 radical (unpaired) electrons. The van der Waals surface area contributed by atoms with Crippen molar-refractivity contribution in [3.8, 4) is 0 Å². The van der Waals surface area contributed by atoms with E-state index in [1.165, 1.54) is 5.56 Å². The number of hydrogen-bond acceptors (Lipinski definition) is 5. The van der Waals surface area contributed by atoms with Gasteiger partial charge >= 0.3 is 6.09 Å². The molecule has 1 fully saturated rings. The maximum Gasteiger partial charge on any atom is 0.408 e. The number of amides is 2. The average Bonchev–Trinajstić information content (AvgIpc) is 2.82. The lowest BCUT2D eigenvalue weighted by atomic mass is 10.0. The Balaban J connectivity index is 1.52. The molecule has 7 nitrogen and oxygen atoms in total. The number of alkyl carbamates (subject to hydrolysis) is 1. The van der Waals surface area contributed by atoms with Crippen LogP contribution in [0.25, 0.3) is 10.8 Å². The lowest BCUT2D eigenvalue weighted by molar-refractivity contribution is -0.133. The lowest BCUT2D eigenvalue weighted by Crippen LogP contribution is -2.58. The Bertz CT molecular complexity index is 1140. The summed E-state index contributed by atoms with van der Waals surface area (Å²) in [6, 6.07) is 18.5. The van der Waals surface area contributed by atoms with Crippen molar-refractivity contribution in [2.24, 2.45) is 0 Å². The second-order valence-electron chi connectivity index (χ2n) is 9.61. The van der Waals surface area contributed by atoms with E-state index < -0.39 is 11.7 Å². The van der Waals surface area contributed by atoms with Crippen molar-refractivity contribution in [1.29, 1.82) is 0 Å². The van der Waals surface area contributed by atoms with E-state index in [1.54, 1.807) is 20.8 Å². The van der Waals surface area contributed by atoms with E-state index in [4.69, 9.17) is 4.74 Å². The number of carbonyl (C=O) groups is 2. The van der Waals surface area contributed by atoms with Gasteiger partial charge < -0.3 is 19.9 Å². The number of benzene rings is 2. The van der Waals surface area contributed by atoms with Crippen molar-refractivity contribution in [1.82, 2.24) is 15.2 Å². The summed E-state index contributed by atoms with van der Waals surface area (Å²) in [5.41, 5.74) is 1.72. The van der Waals surface area contributed by atoms with Gasteiger partial charge in [-0.2, -0.15) is 0 Å². The van der Waals surface area contributed by atoms with E-state index in [0.717, 1.165) is 22.9 Å². The van der Waals surface area contributed by atoms with Crippen LogP contribution in [-0.2, 0) is 16.0 Å². The Kier molecular flexibility index (Phi) is 7.01. The predicted octanol–water partition coefficient (Wildman–Crippen LogP) is 4.02. The molecule has 4 rings (SSSR count). The number of fused-ring (bicyclic) bond motifs is 1. The zero-order valence-corrected chi connectivity index (χ0v) is 20.0. The van der Waals surface area contributed by atoms with Gasteiger partial charge in [0, 0.05) is 48.5 Å². The van der Waals surface area contributed by atoms with Crippen LogP contribution in [0.15, 0.2) is 67.0 Å². The molecule has 0 saturated carbocycles. The van der Waals surface area contributed by atoms with Crippen LogP contribution in [0.3, 0.4) is 0 Å². The van der Waals surface area contributed by atoms with Gasteiger partial charge in [-0.3, -0.25) is 9.78 Å². The SMILES string of the molecule is CC(C)(C)OC(=O)NCC(=O)N1CCN(c2cccc3cnccc23)CC1Cc1ccccc1. The van der Waals surface area contributed by atoms with E-state index in [0.29, 0.717) is 19.6 Å². The van der Waals surface area contributed by atoms with Gasteiger partial charge in [0.25, 0.3) is 0 Å². The van der Waals surface area contributed by atoms with Gasteiger partial charge in [-0.25, -0.2) is 4.79 Å². The number of aromatic nitrogens is 1. The molecule has 1 atom stereocenters. The fourth-order valence-corrected chi connectivity index (χ4v) is 4.41. The fraction of sp³-hybridized carbons (Fsp3) is 0.370. The molecule has 3 aromatic rings.